The van der Waals surface area contributed by atoms with Crippen molar-refractivity contribution < 1.29 is 14.7 Å². The molecule has 31 heavy (non-hydrogen) atoms. The molecule has 0 atom stereocenters. The van der Waals surface area contributed by atoms with Crippen LogP contribution in [0.15, 0.2) is 73.3 Å². The lowest BCUT2D eigenvalue weighted by atomic mass is 9.70. The molecule has 5 heteroatoms. The Labute approximate surface area is 189 Å². The first-order valence-corrected chi connectivity index (χ1v) is 11.2. The zero-order valence-corrected chi connectivity index (χ0v) is 18.6. The number of hydrogen-bond donors (Lipinski definition) is 1. The van der Waals surface area contributed by atoms with Crippen molar-refractivity contribution >= 4 is 23.5 Å². The van der Waals surface area contributed by atoms with Gasteiger partial charge in [-0.3, -0.25) is 9.69 Å². The first kappa shape index (κ1) is 23.1. The van der Waals surface area contributed by atoms with E-state index in [0.717, 1.165) is 11.1 Å². The highest BCUT2D eigenvalue weighted by Gasteiger charge is 2.49. The number of rotatable bonds is 9. The Morgan fingerprint density at radius 3 is 2.03 bits per heavy atom. The molecule has 1 N–H and O–H groups in total. The van der Waals surface area contributed by atoms with Gasteiger partial charge in [-0.05, 0) is 49.7 Å². The van der Waals surface area contributed by atoms with Crippen LogP contribution in [0.3, 0.4) is 0 Å². The van der Waals surface area contributed by atoms with E-state index in [0.29, 0.717) is 51.5 Å². The number of nitrogens with zero attached hydrogens (tertiary/aromatic N) is 1. The van der Waals surface area contributed by atoms with Crippen LogP contribution in [0.4, 0.5) is 4.79 Å². The summed E-state index contributed by atoms with van der Waals surface area (Å²) in [7, 11) is 0. The summed E-state index contributed by atoms with van der Waals surface area (Å²) in [6.07, 6.45) is 4.40. The minimum Gasteiger partial charge on any atom is -0.465 e. The van der Waals surface area contributed by atoms with Crippen molar-refractivity contribution in [1.29, 1.82) is 0 Å². The lowest BCUT2D eigenvalue weighted by Gasteiger charge is -2.49. The van der Waals surface area contributed by atoms with E-state index in [9.17, 15) is 14.7 Å². The summed E-state index contributed by atoms with van der Waals surface area (Å²) in [5.41, 5.74) is 1.42. The van der Waals surface area contributed by atoms with Gasteiger partial charge in [-0.25, -0.2) is 4.79 Å². The quantitative estimate of drug-likeness (QED) is 0.372. The summed E-state index contributed by atoms with van der Waals surface area (Å²) in [6, 6.07) is 19.6. The lowest BCUT2D eigenvalue weighted by molar-refractivity contribution is -0.123. The highest BCUT2D eigenvalue weighted by atomic mass is 35.5. The van der Waals surface area contributed by atoms with Crippen molar-refractivity contribution in [2.75, 3.05) is 0 Å². The van der Waals surface area contributed by atoms with Crippen LogP contribution in [0, 0.1) is 0 Å². The van der Waals surface area contributed by atoms with Crippen LogP contribution in [0.25, 0.3) is 0 Å². The fraction of sp³-hybridized carbons (Fsp3) is 0.385. The predicted molar refractivity (Wildman–Crippen MR) is 124 cm³/mol. The van der Waals surface area contributed by atoms with E-state index in [1.165, 1.54) is 0 Å². The molecular weight excluding hydrogens is 410 g/mol. The molecule has 2 aromatic carbocycles. The molecule has 0 spiro atoms. The van der Waals surface area contributed by atoms with Crippen molar-refractivity contribution in [3.8, 4) is 0 Å². The van der Waals surface area contributed by atoms with Crippen LogP contribution in [0.2, 0.25) is 0 Å². The minimum atomic E-state index is -0.945. The molecular formula is C26H30ClNO3. The van der Waals surface area contributed by atoms with Crippen molar-refractivity contribution in [3.63, 3.8) is 0 Å². The first-order chi connectivity index (χ1) is 14.9. The normalized spacial score (nSPS) is 23.1. The molecule has 1 fully saturated rings. The van der Waals surface area contributed by atoms with Gasteiger partial charge in [0.15, 0.2) is 5.78 Å². The lowest BCUT2D eigenvalue weighted by Crippen LogP contribution is -2.57. The highest BCUT2D eigenvalue weighted by Crippen LogP contribution is 2.45. The topological polar surface area (TPSA) is 57.6 Å². The molecule has 1 aliphatic carbocycles. The van der Waals surface area contributed by atoms with Gasteiger partial charge in [0.1, 0.15) is 4.87 Å². The number of halogens is 1. The predicted octanol–water partition coefficient (Wildman–Crippen LogP) is 6.24. The Morgan fingerprint density at radius 2 is 1.52 bits per heavy atom. The summed E-state index contributed by atoms with van der Waals surface area (Å²) in [5, 5.41) is 10.2. The molecule has 0 saturated heterocycles. The molecule has 3 rings (SSSR count). The molecule has 1 amide bonds. The SMILES string of the molecule is C=CCCC(=O)[C@]1(Cl)CC[C@](Cc2ccccc2)(N(Cc2ccccc2)C(=O)O)CC1. The van der Waals surface area contributed by atoms with Crippen LogP contribution >= 0.6 is 11.6 Å². The smallest absolute Gasteiger partial charge is 0.408 e. The van der Waals surface area contributed by atoms with E-state index in [2.05, 4.69) is 6.58 Å². The van der Waals surface area contributed by atoms with Crippen LogP contribution in [-0.2, 0) is 17.8 Å². The van der Waals surface area contributed by atoms with E-state index in [-0.39, 0.29) is 5.78 Å². The van der Waals surface area contributed by atoms with Crippen LogP contribution in [-0.4, -0.2) is 32.3 Å². The second-order valence-corrected chi connectivity index (χ2v) is 9.18. The summed E-state index contributed by atoms with van der Waals surface area (Å²) in [5.74, 6) is 0.0345. The van der Waals surface area contributed by atoms with E-state index in [1.54, 1.807) is 11.0 Å². The van der Waals surface area contributed by atoms with Crippen LogP contribution in [0.1, 0.15) is 49.7 Å². The number of ketones is 1. The highest BCUT2D eigenvalue weighted by molar-refractivity contribution is 6.35. The monoisotopic (exact) mass is 439 g/mol. The number of allylic oxidation sites excluding steroid dienone is 1. The standard InChI is InChI=1S/C26H30ClNO3/c1-2-3-14-23(29)26(27)17-15-25(16-18-26,19-21-10-6-4-7-11-21)28(24(30)31)20-22-12-8-5-9-13-22/h2,4-13H,1,3,14-20H2,(H,30,31)/t25-,26-. The average molecular weight is 440 g/mol. The van der Waals surface area contributed by atoms with Gasteiger partial charge in [0, 0.05) is 13.0 Å². The molecule has 0 aliphatic heterocycles. The molecule has 4 nitrogen and oxygen atoms in total. The molecule has 0 radical (unpaired) electrons. The fourth-order valence-electron chi connectivity index (χ4n) is 4.57. The van der Waals surface area contributed by atoms with Gasteiger partial charge in [0.05, 0.1) is 5.54 Å². The molecule has 0 aromatic heterocycles. The molecule has 0 heterocycles. The maximum atomic E-state index is 12.7. The Hall–Kier alpha value is -2.59. The van der Waals surface area contributed by atoms with Crippen LogP contribution in [0.5, 0.6) is 0 Å². The van der Waals surface area contributed by atoms with Gasteiger partial charge in [-0.15, -0.1) is 18.2 Å². The third-order valence-electron chi connectivity index (χ3n) is 6.41. The number of hydrogen-bond acceptors (Lipinski definition) is 2. The molecule has 1 aliphatic rings. The molecule has 0 unspecified atom stereocenters. The summed E-state index contributed by atoms with van der Waals surface area (Å²) in [4.78, 5) is 25.8. The van der Waals surface area contributed by atoms with Gasteiger partial charge in [-0.1, -0.05) is 66.7 Å². The van der Waals surface area contributed by atoms with Gasteiger partial charge in [0.25, 0.3) is 0 Å². The largest absolute Gasteiger partial charge is 0.465 e. The molecule has 1 saturated carbocycles. The van der Waals surface area contributed by atoms with Gasteiger partial charge >= 0.3 is 6.09 Å². The Kier molecular flexibility index (Phi) is 7.55. The summed E-state index contributed by atoms with van der Waals surface area (Å²) < 4.78 is 0. The summed E-state index contributed by atoms with van der Waals surface area (Å²) >= 11 is 6.79. The zero-order chi connectivity index (χ0) is 22.3. The second kappa shape index (κ2) is 10.1. The number of alkyl halides is 1. The molecule has 2 aromatic rings. The van der Waals surface area contributed by atoms with Crippen molar-refractivity contribution in [3.05, 3.63) is 84.4 Å². The van der Waals surface area contributed by atoms with Crippen molar-refractivity contribution in [2.24, 2.45) is 0 Å². The molecule has 164 valence electrons. The summed E-state index contributed by atoms with van der Waals surface area (Å²) in [6.45, 7) is 3.99. The number of carbonyl (C=O) groups is 2. The van der Waals surface area contributed by atoms with E-state index in [4.69, 9.17) is 11.6 Å². The van der Waals surface area contributed by atoms with Crippen LogP contribution < -0.4 is 0 Å². The number of amides is 1. The number of benzene rings is 2. The van der Waals surface area contributed by atoms with E-state index < -0.39 is 16.5 Å². The number of carbonyl (C=O) groups excluding carboxylic acids is 1. The number of Topliss-reactive ketones (excluding diaryl/α,β-unsaturated/α-hetero) is 1. The second-order valence-electron chi connectivity index (χ2n) is 8.46. The Bertz CT molecular complexity index is 889. The third-order valence-corrected chi connectivity index (χ3v) is 7.00. The Morgan fingerprint density at radius 1 is 0.968 bits per heavy atom. The van der Waals surface area contributed by atoms with Crippen molar-refractivity contribution in [1.82, 2.24) is 4.90 Å². The maximum Gasteiger partial charge on any atom is 0.408 e. The zero-order valence-electron chi connectivity index (χ0n) is 17.8. The van der Waals surface area contributed by atoms with Gasteiger partial charge in [0.2, 0.25) is 0 Å². The first-order valence-electron chi connectivity index (χ1n) is 10.8. The maximum absolute atomic E-state index is 12.7. The van der Waals surface area contributed by atoms with Gasteiger partial charge in [-0.2, -0.15) is 0 Å². The fourth-order valence-corrected chi connectivity index (χ4v) is 4.85. The molecule has 0 bridgehead atoms. The Balaban J connectivity index is 1.89. The van der Waals surface area contributed by atoms with E-state index in [1.807, 2.05) is 60.7 Å². The average Bonchev–Trinajstić information content (AvgIpc) is 2.79. The third kappa shape index (κ3) is 5.56. The van der Waals surface area contributed by atoms with Gasteiger partial charge < -0.3 is 5.11 Å². The minimum absolute atomic E-state index is 0.0345. The van der Waals surface area contributed by atoms with Crippen molar-refractivity contribution in [2.45, 2.75) is 61.9 Å². The number of carboxylic acid groups (broad SMARTS) is 1. The van der Waals surface area contributed by atoms with E-state index >= 15 is 0 Å².